The lowest BCUT2D eigenvalue weighted by Crippen LogP contribution is -2.48. The van der Waals surface area contributed by atoms with Crippen molar-refractivity contribution in [1.82, 2.24) is 25.1 Å². The summed E-state index contributed by atoms with van der Waals surface area (Å²) in [5.41, 5.74) is 7.85. The summed E-state index contributed by atoms with van der Waals surface area (Å²) in [5.74, 6) is 0. The van der Waals surface area contributed by atoms with Gasteiger partial charge in [-0.25, -0.2) is 9.97 Å². The van der Waals surface area contributed by atoms with Gasteiger partial charge in [-0.1, -0.05) is 24.3 Å². The number of aromatic nitrogens is 2. The summed E-state index contributed by atoms with van der Waals surface area (Å²) in [4.78, 5) is 9.80. The molecule has 0 saturated carbocycles. The van der Waals surface area contributed by atoms with Crippen LogP contribution in [0.4, 0.5) is 0 Å². The van der Waals surface area contributed by atoms with Gasteiger partial charge in [0.1, 0.15) is 0 Å². The molecule has 0 fully saturated rings. The highest BCUT2D eigenvalue weighted by Crippen LogP contribution is 2.38. The molecule has 0 unspecified atom stereocenters. The van der Waals surface area contributed by atoms with Crippen molar-refractivity contribution in [2.24, 2.45) is 0 Å². The van der Waals surface area contributed by atoms with Crippen molar-refractivity contribution >= 4 is 23.5 Å². The van der Waals surface area contributed by atoms with Gasteiger partial charge in [0.2, 0.25) is 0 Å². The van der Waals surface area contributed by atoms with Crippen molar-refractivity contribution in [2.75, 3.05) is 7.05 Å². The van der Waals surface area contributed by atoms with Gasteiger partial charge in [0.25, 0.3) is 0 Å². The quantitative estimate of drug-likeness (QED) is 0.705. The van der Waals surface area contributed by atoms with Gasteiger partial charge in [-0.15, -0.1) is 5.12 Å². The number of hydrogen-bond donors (Lipinski definition) is 0. The largest absolute Gasteiger partial charge is 0.254 e. The number of fused-ring (bicyclic) bond motifs is 6. The van der Waals surface area contributed by atoms with Crippen molar-refractivity contribution in [3.63, 3.8) is 0 Å². The Bertz CT molecular complexity index is 1100. The number of rotatable bonds is 0. The normalized spacial score (nSPS) is 19.2. The predicted molar refractivity (Wildman–Crippen MR) is 110 cm³/mol. The summed E-state index contributed by atoms with van der Waals surface area (Å²) in [5, 5.41) is 6.52. The molecule has 0 saturated heterocycles. The molecule has 5 heteroatoms. The van der Waals surface area contributed by atoms with E-state index < -0.39 is 0 Å². The van der Waals surface area contributed by atoms with Crippen molar-refractivity contribution < 1.29 is 0 Å². The molecule has 6 heterocycles. The maximum absolute atomic E-state index is 4.90. The molecule has 0 aliphatic carbocycles. The zero-order chi connectivity index (χ0) is 18.7. The number of pyridine rings is 2. The summed E-state index contributed by atoms with van der Waals surface area (Å²) in [6, 6.07) is 12.3. The lowest BCUT2D eigenvalue weighted by molar-refractivity contribution is -0.0459. The van der Waals surface area contributed by atoms with E-state index in [1.54, 1.807) is 0 Å². The third-order valence-corrected chi connectivity index (χ3v) is 5.22. The second-order valence-corrected chi connectivity index (χ2v) is 6.97. The first-order valence-corrected chi connectivity index (χ1v) is 9.27. The highest BCUT2D eigenvalue weighted by Gasteiger charge is 2.32. The van der Waals surface area contributed by atoms with Crippen molar-refractivity contribution in [2.45, 2.75) is 0 Å². The molecule has 0 amide bonds. The SMILES string of the molecule is CN1N2C3=Cc4cccc(n4)C4=CC=CC(=Cc5cccc(n5)C2=CC=C3)N41. The molecule has 0 N–H and O–H groups in total. The van der Waals surface area contributed by atoms with Gasteiger partial charge >= 0.3 is 0 Å². The second kappa shape index (κ2) is 5.65. The van der Waals surface area contributed by atoms with E-state index >= 15 is 0 Å². The van der Waals surface area contributed by atoms with Crippen molar-refractivity contribution in [3.05, 3.63) is 107 Å². The van der Waals surface area contributed by atoms with E-state index in [1.807, 2.05) is 12.1 Å². The Labute approximate surface area is 163 Å². The minimum atomic E-state index is 0.929. The maximum Gasteiger partial charge on any atom is 0.0889 e. The van der Waals surface area contributed by atoms with Gasteiger partial charge in [0, 0.05) is 7.05 Å². The van der Waals surface area contributed by atoms with E-state index in [2.05, 4.69) is 95.1 Å². The predicted octanol–water partition coefficient (Wildman–Crippen LogP) is 4.07. The molecule has 0 radical (unpaired) electrons. The molecule has 6 rings (SSSR count). The Hall–Kier alpha value is -3.70. The van der Waals surface area contributed by atoms with Crippen molar-refractivity contribution in [1.29, 1.82) is 0 Å². The molecule has 2 aromatic heterocycles. The summed E-state index contributed by atoms with van der Waals surface area (Å²) in [7, 11) is 2.07. The molecule has 2 aromatic rings. The van der Waals surface area contributed by atoms with E-state index in [-0.39, 0.29) is 0 Å². The monoisotopic (exact) mass is 363 g/mol. The minimum absolute atomic E-state index is 0.929. The molecule has 134 valence electrons. The number of hydrazine groups is 2. The van der Waals surface area contributed by atoms with Crippen LogP contribution < -0.4 is 0 Å². The number of nitrogens with zero attached hydrogens (tertiary/aromatic N) is 5. The van der Waals surface area contributed by atoms with E-state index in [4.69, 9.17) is 9.97 Å². The molecular formula is C23H17N5. The van der Waals surface area contributed by atoms with Crippen LogP contribution in [-0.2, 0) is 0 Å². The number of hydrogen-bond acceptors (Lipinski definition) is 5. The van der Waals surface area contributed by atoms with Gasteiger partial charge in [0.05, 0.1) is 45.6 Å². The topological polar surface area (TPSA) is 35.5 Å². The molecule has 0 atom stereocenters. The smallest absolute Gasteiger partial charge is 0.0889 e. The van der Waals surface area contributed by atoms with Crippen LogP contribution >= 0.6 is 0 Å². The summed E-state index contributed by atoms with van der Waals surface area (Å²) in [6.45, 7) is 0. The first kappa shape index (κ1) is 15.4. The number of allylic oxidation sites excluding steroid dienone is 6. The van der Waals surface area contributed by atoms with Crippen LogP contribution in [0, 0.1) is 0 Å². The Balaban J connectivity index is 1.73. The molecule has 4 aliphatic heterocycles. The Morgan fingerprint density at radius 2 is 1.18 bits per heavy atom. The molecular weight excluding hydrogens is 346 g/mol. The maximum atomic E-state index is 4.90. The molecule has 28 heavy (non-hydrogen) atoms. The third-order valence-electron chi connectivity index (χ3n) is 5.22. The third kappa shape index (κ3) is 2.17. The Morgan fingerprint density at radius 3 is 1.68 bits per heavy atom. The fraction of sp³-hybridized carbons (Fsp3) is 0.0435. The highest BCUT2D eigenvalue weighted by molar-refractivity contribution is 5.75. The summed E-state index contributed by atoms with van der Waals surface area (Å²) in [6.07, 6.45) is 16.8. The summed E-state index contributed by atoms with van der Waals surface area (Å²) < 4.78 is 0. The molecule has 5 nitrogen and oxygen atoms in total. The fourth-order valence-corrected chi connectivity index (χ4v) is 4.03. The van der Waals surface area contributed by atoms with E-state index in [9.17, 15) is 0 Å². The fourth-order valence-electron chi connectivity index (χ4n) is 4.03. The van der Waals surface area contributed by atoms with Crippen LogP contribution in [0.3, 0.4) is 0 Å². The van der Waals surface area contributed by atoms with Crippen LogP contribution in [0.2, 0.25) is 0 Å². The van der Waals surface area contributed by atoms with Crippen LogP contribution in [0.25, 0.3) is 23.5 Å². The van der Waals surface area contributed by atoms with Crippen LogP contribution in [0.15, 0.2) is 84.2 Å². The van der Waals surface area contributed by atoms with E-state index in [1.165, 1.54) is 0 Å². The van der Waals surface area contributed by atoms with Crippen LogP contribution in [0.1, 0.15) is 22.8 Å². The second-order valence-electron chi connectivity index (χ2n) is 6.97. The standard InChI is InChI=1S/C23H17N5/c1-26-27-19-9-4-12-22(27)20-10-2-6-16(24-20)14-18-8-5-13-23(28(18)26)21-11-3-7-17(15-19)25-21/h2-15H,1H3. The van der Waals surface area contributed by atoms with Gasteiger partial charge in [-0.2, -0.15) is 0 Å². The molecule has 0 spiro atoms. The van der Waals surface area contributed by atoms with Crippen LogP contribution in [-0.4, -0.2) is 32.2 Å². The molecule has 0 aromatic carbocycles. The lowest BCUT2D eigenvalue weighted by Gasteiger charge is -2.44. The van der Waals surface area contributed by atoms with E-state index in [0.717, 1.165) is 45.6 Å². The van der Waals surface area contributed by atoms with Crippen molar-refractivity contribution in [3.8, 4) is 0 Å². The summed E-state index contributed by atoms with van der Waals surface area (Å²) >= 11 is 0. The molecule has 6 bridgehead atoms. The van der Waals surface area contributed by atoms with Gasteiger partial charge in [-0.3, -0.25) is 10.0 Å². The van der Waals surface area contributed by atoms with Gasteiger partial charge in [0.15, 0.2) is 0 Å². The first-order chi connectivity index (χ1) is 13.8. The zero-order valence-corrected chi connectivity index (χ0v) is 15.3. The Morgan fingerprint density at radius 1 is 0.679 bits per heavy atom. The average molecular weight is 363 g/mol. The van der Waals surface area contributed by atoms with Crippen LogP contribution in [0.5, 0.6) is 0 Å². The molecule has 4 aliphatic rings. The van der Waals surface area contributed by atoms with Gasteiger partial charge < -0.3 is 0 Å². The minimum Gasteiger partial charge on any atom is -0.254 e. The van der Waals surface area contributed by atoms with Gasteiger partial charge in [-0.05, 0) is 60.7 Å². The lowest BCUT2D eigenvalue weighted by atomic mass is 10.1. The first-order valence-electron chi connectivity index (χ1n) is 9.27. The van der Waals surface area contributed by atoms with E-state index in [0.29, 0.717) is 0 Å². The Kier molecular flexibility index (Phi) is 3.10. The zero-order valence-electron chi connectivity index (χ0n) is 15.3. The average Bonchev–Trinajstić information content (AvgIpc) is 2.78. The highest BCUT2D eigenvalue weighted by atomic mass is 15.9.